The molecule has 4 heteroatoms. The van der Waals surface area contributed by atoms with Crippen LogP contribution in [0.25, 0.3) is 11.3 Å². The van der Waals surface area contributed by atoms with Gasteiger partial charge in [0.05, 0.1) is 0 Å². The Balaban J connectivity index is 2.44. The van der Waals surface area contributed by atoms with Crippen molar-refractivity contribution in [2.75, 3.05) is 5.73 Å². The maximum atomic E-state index is 5.74. The zero-order valence-corrected chi connectivity index (χ0v) is 8.60. The van der Waals surface area contributed by atoms with Crippen molar-refractivity contribution in [3.8, 4) is 11.3 Å². The number of hydrogen-bond donors (Lipinski definition) is 1. The summed E-state index contributed by atoms with van der Waals surface area (Å²) in [4.78, 5) is 3.96. The van der Waals surface area contributed by atoms with Crippen molar-refractivity contribution in [3.63, 3.8) is 0 Å². The van der Waals surface area contributed by atoms with E-state index in [4.69, 9.17) is 10.3 Å². The highest BCUT2D eigenvalue weighted by Gasteiger charge is 2.14. The van der Waals surface area contributed by atoms with Crippen LogP contribution < -0.4 is 5.73 Å². The minimum atomic E-state index is 0.490. The van der Waals surface area contributed by atoms with Crippen LogP contribution in [0.1, 0.15) is 18.9 Å². The SMILES string of the molecule is CCCc1c(N)noc1-c1ccncc1. The summed E-state index contributed by atoms with van der Waals surface area (Å²) in [6.07, 6.45) is 5.35. The number of nitrogen functional groups attached to an aromatic ring is 1. The predicted molar refractivity (Wildman–Crippen MR) is 58.1 cm³/mol. The summed E-state index contributed by atoms with van der Waals surface area (Å²) in [6, 6.07) is 3.78. The van der Waals surface area contributed by atoms with Crippen LogP contribution in [0.15, 0.2) is 29.0 Å². The first kappa shape index (κ1) is 9.71. The van der Waals surface area contributed by atoms with Crippen LogP contribution in [0.3, 0.4) is 0 Å². The number of anilines is 1. The van der Waals surface area contributed by atoms with Gasteiger partial charge in [0, 0.05) is 23.5 Å². The lowest BCUT2D eigenvalue weighted by Gasteiger charge is -1.99. The molecule has 0 unspecified atom stereocenters. The first-order chi connectivity index (χ1) is 7.33. The number of hydrogen-bond acceptors (Lipinski definition) is 4. The molecule has 0 amide bonds. The molecule has 4 nitrogen and oxygen atoms in total. The first-order valence-corrected chi connectivity index (χ1v) is 4.97. The second-order valence-electron chi connectivity index (χ2n) is 3.36. The summed E-state index contributed by atoms with van der Waals surface area (Å²) in [5.41, 5.74) is 7.70. The van der Waals surface area contributed by atoms with Crippen LogP contribution in [-0.4, -0.2) is 10.1 Å². The van der Waals surface area contributed by atoms with Gasteiger partial charge in [-0.2, -0.15) is 0 Å². The molecule has 0 spiro atoms. The van der Waals surface area contributed by atoms with E-state index in [0.717, 1.165) is 29.7 Å². The number of aromatic nitrogens is 2. The van der Waals surface area contributed by atoms with Gasteiger partial charge >= 0.3 is 0 Å². The smallest absolute Gasteiger partial charge is 0.172 e. The van der Waals surface area contributed by atoms with Crippen molar-refractivity contribution in [2.45, 2.75) is 19.8 Å². The van der Waals surface area contributed by atoms with Crippen LogP contribution in [-0.2, 0) is 6.42 Å². The van der Waals surface area contributed by atoms with Crippen molar-refractivity contribution in [1.82, 2.24) is 10.1 Å². The molecule has 0 atom stereocenters. The number of rotatable bonds is 3. The topological polar surface area (TPSA) is 64.9 Å². The Morgan fingerprint density at radius 1 is 1.33 bits per heavy atom. The van der Waals surface area contributed by atoms with E-state index in [1.807, 2.05) is 12.1 Å². The Kier molecular flexibility index (Phi) is 2.67. The predicted octanol–water partition coefficient (Wildman–Crippen LogP) is 2.27. The van der Waals surface area contributed by atoms with Gasteiger partial charge in [0.15, 0.2) is 11.6 Å². The molecule has 15 heavy (non-hydrogen) atoms. The van der Waals surface area contributed by atoms with E-state index >= 15 is 0 Å². The van der Waals surface area contributed by atoms with Gasteiger partial charge in [-0.15, -0.1) is 0 Å². The molecule has 0 aliphatic carbocycles. The summed E-state index contributed by atoms with van der Waals surface area (Å²) in [6.45, 7) is 2.10. The molecule has 2 rings (SSSR count). The van der Waals surface area contributed by atoms with Gasteiger partial charge in [-0.3, -0.25) is 4.98 Å². The highest BCUT2D eigenvalue weighted by molar-refractivity contribution is 5.65. The molecule has 2 heterocycles. The summed E-state index contributed by atoms with van der Waals surface area (Å²) in [7, 11) is 0. The summed E-state index contributed by atoms with van der Waals surface area (Å²) in [5, 5.41) is 3.79. The molecule has 0 aromatic carbocycles. The molecule has 2 N–H and O–H groups in total. The Labute approximate surface area is 88.1 Å². The van der Waals surface area contributed by atoms with Crippen LogP contribution in [0.2, 0.25) is 0 Å². The Morgan fingerprint density at radius 3 is 2.73 bits per heavy atom. The molecule has 78 valence electrons. The van der Waals surface area contributed by atoms with E-state index < -0.39 is 0 Å². The monoisotopic (exact) mass is 203 g/mol. The third-order valence-electron chi connectivity index (χ3n) is 2.26. The van der Waals surface area contributed by atoms with Crippen molar-refractivity contribution in [1.29, 1.82) is 0 Å². The van der Waals surface area contributed by atoms with E-state index in [2.05, 4.69) is 17.1 Å². The third-order valence-corrected chi connectivity index (χ3v) is 2.26. The van der Waals surface area contributed by atoms with Gasteiger partial charge in [-0.25, -0.2) is 0 Å². The Hall–Kier alpha value is -1.84. The molecule has 2 aromatic heterocycles. The number of pyridine rings is 1. The zero-order valence-electron chi connectivity index (χ0n) is 8.60. The molecule has 0 saturated carbocycles. The molecule has 0 radical (unpaired) electrons. The van der Waals surface area contributed by atoms with Gasteiger partial charge < -0.3 is 10.3 Å². The second kappa shape index (κ2) is 4.13. The first-order valence-electron chi connectivity index (χ1n) is 4.97. The standard InChI is InChI=1S/C11H13N3O/c1-2-3-9-10(15-14-11(9)12)8-4-6-13-7-5-8/h4-7H,2-3H2,1H3,(H2,12,14). The van der Waals surface area contributed by atoms with Crippen molar-refractivity contribution >= 4 is 5.82 Å². The molecule has 0 aliphatic heterocycles. The highest BCUT2D eigenvalue weighted by Crippen LogP contribution is 2.28. The van der Waals surface area contributed by atoms with Crippen molar-refractivity contribution in [2.24, 2.45) is 0 Å². The van der Waals surface area contributed by atoms with E-state index in [0.29, 0.717) is 5.82 Å². The van der Waals surface area contributed by atoms with Crippen LogP contribution in [0, 0.1) is 0 Å². The van der Waals surface area contributed by atoms with Crippen LogP contribution in [0.5, 0.6) is 0 Å². The fourth-order valence-corrected chi connectivity index (χ4v) is 1.54. The maximum Gasteiger partial charge on any atom is 0.172 e. The molecule has 0 aliphatic rings. The van der Waals surface area contributed by atoms with Crippen LogP contribution >= 0.6 is 0 Å². The highest BCUT2D eigenvalue weighted by atomic mass is 16.5. The van der Waals surface area contributed by atoms with E-state index in [9.17, 15) is 0 Å². The Bertz CT molecular complexity index is 436. The average molecular weight is 203 g/mol. The minimum absolute atomic E-state index is 0.490. The van der Waals surface area contributed by atoms with E-state index in [1.165, 1.54) is 0 Å². The molecule has 0 bridgehead atoms. The van der Waals surface area contributed by atoms with Crippen molar-refractivity contribution < 1.29 is 4.52 Å². The molecule has 2 aromatic rings. The van der Waals surface area contributed by atoms with E-state index in [-0.39, 0.29) is 0 Å². The van der Waals surface area contributed by atoms with Gasteiger partial charge in [-0.1, -0.05) is 18.5 Å². The lowest BCUT2D eigenvalue weighted by atomic mass is 10.1. The largest absolute Gasteiger partial charge is 0.381 e. The summed E-state index contributed by atoms with van der Waals surface area (Å²) >= 11 is 0. The fourth-order valence-electron chi connectivity index (χ4n) is 1.54. The number of nitrogens with two attached hydrogens (primary N) is 1. The van der Waals surface area contributed by atoms with Gasteiger partial charge in [0.1, 0.15) is 0 Å². The van der Waals surface area contributed by atoms with Gasteiger partial charge in [-0.05, 0) is 18.6 Å². The van der Waals surface area contributed by atoms with Crippen molar-refractivity contribution in [3.05, 3.63) is 30.1 Å². The van der Waals surface area contributed by atoms with E-state index in [1.54, 1.807) is 12.4 Å². The third kappa shape index (κ3) is 1.83. The summed E-state index contributed by atoms with van der Waals surface area (Å²) in [5.74, 6) is 1.25. The van der Waals surface area contributed by atoms with Gasteiger partial charge in [0.2, 0.25) is 0 Å². The normalized spacial score (nSPS) is 10.5. The molecule has 0 saturated heterocycles. The zero-order chi connectivity index (χ0) is 10.7. The molecule has 0 fully saturated rings. The maximum absolute atomic E-state index is 5.74. The molecular weight excluding hydrogens is 190 g/mol. The van der Waals surface area contributed by atoms with Crippen LogP contribution in [0.4, 0.5) is 5.82 Å². The Morgan fingerprint density at radius 2 is 2.07 bits per heavy atom. The number of nitrogens with zero attached hydrogens (tertiary/aromatic N) is 2. The lowest BCUT2D eigenvalue weighted by Crippen LogP contribution is -1.92. The quantitative estimate of drug-likeness (QED) is 0.831. The average Bonchev–Trinajstić information content (AvgIpc) is 2.63. The second-order valence-corrected chi connectivity index (χ2v) is 3.36. The molecular formula is C11H13N3O. The minimum Gasteiger partial charge on any atom is -0.381 e. The van der Waals surface area contributed by atoms with Gasteiger partial charge in [0.25, 0.3) is 0 Å². The lowest BCUT2D eigenvalue weighted by molar-refractivity contribution is 0.435. The summed E-state index contributed by atoms with van der Waals surface area (Å²) < 4.78 is 5.23. The fraction of sp³-hybridized carbons (Fsp3) is 0.273.